The third-order valence-corrected chi connectivity index (χ3v) is 2.78. The predicted molar refractivity (Wildman–Crippen MR) is 72.0 cm³/mol. The lowest BCUT2D eigenvalue weighted by atomic mass is 10.1. The molecule has 0 bridgehead atoms. The lowest BCUT2D eigenvalue weighted by Crippen LogP contribution is -2.47. The fourth-order valence-electron chi connectivity index (χ4n) is 1.34. The van der Waals surface area contributed by atoms with Crippen LogP contribution in [-0.4, -0.2) is 56.5 Å². The van der Waals surface area contributed by atoms with Crippen LogP contribution in [0.2, 0.25) is 0 Å². The number of hydrogen-bond acceptors (Lipinski definition) is 4. The molecule has 0 aromatic rings. The van der Waals surface area contributed by atoms with E-state index in [1.165, 1.54) is 0 Å². The van der Waals surface area contributed by atoms with Crippen molar-refractivity contribution in [1.29, 1.82) is 0 Å². The molecule has 4 N–H and O–H groups in total. The molecule has 0 radical (unpaired) electrons. The van der Waals surface area contributed by atoms with E-state index in [1.807, 2.05) is 20.9 Å². The van der Waals surface area contributed by atoms with Gasteiger partial charge in [-0.05, 0) is 25.9 Å². The highest BCUT2D eigenvalue weighted by molar-refractivity contribution is 5.87. The zero-order chi connectivity index (χ0) is 14.1. The molecule has 0 aromatic carbocycles. The second kappa shape index (κ2) is 8.88. The summed E-state index contributed by atoms with van der Waals surface area (Å²) in [6.45, 7) is 5.29. The number of rotatable bonds is 8. The fraction of sp³-hybridized carbons (Fsp3) is 0.833. The number of carbonyl (C=O) groups excluding carboxylic acids is 2. The molecule has 0 aromatic heterocycles. The molecule has 0 fully saturated rings. The molecule has 0 aliphatic rings. The standard InChI is InChI=1S/C12H26N4O2/c1-9(2)11(13)12(18)15-8-10(17)16(4)7-5-6-14-3/h9,11,14H,5-8,13H2,1-4H3,(H,15,18)/t11-/m0/s1. The van der Waals surface area contributed by atoms with Gasteiger partial charge in [-0.3, -0.25) is 9.59 Å². The minimum absolute atomic E-state index is 0.00923. The molecule has 0 aliphatic heterocycles. The zero-order valence-corrected chi connectivity index (χ0v) is 11.8. The molecule has 0 spiro atoms. The van der Waals surface area contributed by atoms with Crippen molar-refractivity contribution in [1.82, 2.24) is 15.5 Å². The SMILES string of the molecule is CNCCCN(C)C(=O)CNC(=O)[C@@H](N)C(C)C. The Labute approximate surface area is 109 Å². The highest BCUT2D eigenvalue weighted by Crippen LogP contribution is 1.97. The van der Waals surface area contributed by atoms with E-state index >= 15 is 0 Å². The Balaban J connectivity index is 3.91. The molecule has 106 valence electrons. The molecule has 1 atom stereocenters. The first kappa shape index (κ1) is 16.9. The van der Waals surface area contributed by atoms with Crippen molar-refractivity contribution in [3.63, 3.8) is 0 Å². The second-order valence-electron chi connectivity index (χ2n) is 4.76. The third kappa shape index (κ3) is 6.56. The Morgan fingerprint density at radius 1 is 1.33 bits per heavy atom. The predicted octanol–water partition coefficient (Wildman–Crippen LogP) is -0.846. The third-order valence-electron chi connectivity index (χ3n) is 2.78. The van der Waals surface area contributed by atoms with Crippen molar-refractivity contribution >= 4 is 11.8 Å². The van der Waals surface area contributed by atoms with Gasteiger partial charge in [0.25, 0.3) is 0 Å². The van der Waals surface area contributed by atoms with E-state index in [2.05, 4.69) is 10.6 Å². The molecule has 0 saturated carbocycles. The van der Waals surface area contributed by atoms with Gasteiger partial charge >= 0.3 is 0 Å². The summed E-state index contributed by atoms with van der Waals surface area (Å²) in [6.07, 6.45) is 0.887. The Kier molecular flexibility index (Phi) is 8.32. The van der Waals surface area contributed by atoms with E-state index in [4.69, 9.17) is 5.73 Å². The molecule has 18 heavy (non-hydrogen) atoms. The molecule has 6 nitrogen and oxygen atoms in total. The zero-order valence-electron chi connectivity index (χ0n) is 11.8. The first-order chi connectivity index (χ1) is 8.40. The first-order valence-corrected chi connectivity index (χ1v) is 6.32. The minimum atomic E-state index is -0.563. The average molecular weight is 258 g/mol. The molecule has 0 aliphatic carbocycles. The molecule has 0 unspecified atom stereocenters. The smallest absolute Gasteiger partial charge is 0.241 e. The van der Waals surface area contributed by atoms with Crippen molar-refractivity contribution in [2.75, 3.05) is 33.7 Å². The van der Waals surface area contributed by atoms with Gasteiger partial charge in [0.15, 0.2) is 0 Å². The number of amides is 2. The normalized spacial score (nSPS) is 12.3. The monoisotopic (exact) mass is 258 g/mol. The number of nitrogens with one attached hydrogen (secondary N) is 2. The molecule has 2 amide bonds. The van der Waals surface area contributed by atoms with Crippen LogP contribution in [0.5, 0.6) is 0 Å². The molecular formula is C12H26N4O2. The Bertz CT molecular complexity index is 269. The average Bonchev–Trinajstić information content (AvgIpc) is 2.34. The number of nitrogens with two attached hydrogens (primary N) is 1. The van der Waals surface area contributed by atoms with Gasteiger partial charge in [-0.15, -0.1) is 0 Å². The summed E-state index contributed by atoms with van der Waals surface area (Å²) in [5.74, 6) is -0.314. The van der Waals surface area contributed by atoms with E-state index in [-0.39, 0.29) is 24.3 Å². The van der Waals surface area contributed by atoms with E-state index in [0.717, 1.165) is 13.0 Å². The molecule has 0 saturated heterocycles. The molecule has 0 heterocycles. The van der Waals surface area contributed by atoms with Crippen molar-refractivity contribution in [2.45, 2.75) is 26.3 Å². The van der Waals surface area contributed by atoms with Gasteiger partial charge in [0.2, 0.25) is 11.8 Å². The number of nitrogens with zero attached hydrogens (tertiary/aromatic N) is 1. The van der Waals surface area contributed by atoms with Crippen LogP contribution in [-0.2, 0) is 9.59 Å². The lowest BCUT2D eigenvalue weighted by Gasteiger charge is -2.19. The van der Waals surface area contributed by atoms with Crippen molar-refractivity contribution < 1.29 is 9.59 Å². The van der Waals surface area contributed by atoms with Crippen LogP contribution in [0.4, 0.5) is 0 Å². The maximum Gasteiger partial charge on any atom is 0.241 e. The number of likely N-dealkylation sites (N-methyl/N-ethyl adjacent to an activating group) is 1. The molecular weight excluding hydrogens is 232 g/mol. The Hall–Kier alpha value is -1.14. The van der Waals surface area contributed by atoms with Crippen molar-refractivity contribution in [2.24, 2.45) is 11.7 Å². The Morgan fingerprint density at radius 3 is 2.44 bits per heavy atom. The van der Waals surface area contributed by atoms with Crippen LogP contribution in [0.25, 0.3) is 0 Å². The van der Waals surface area contributed by atoms with Crippen molar-refractivity contribution in [3.05, 3.63) is 0 Å². The summed E-state index contributed by atoms with van der Waals surface area (Å²) >= 11 is 0. The summed E-state index contributed by atoms with van der Waals surface area (Å²) in [5, 5.41) is 5.58. The highest BCUT2D eigenvalue weighted by Gasteiger charge is 2.18. The van der Waals surface area contributed by atoms with Gasteiger partial charge < -0.3 is 21.3 Å². The Morgan fingerprint density at radius 2 is 1.94 bits per heavy atom. The first-order valence-electron chi connectivity index (χ1n) is 6.32. The van der Waals surface area contributed by atoms with E-state index in [9.17, 15) is 9.59 Å². The van der Waals surface area contributed by atoms with Crippen LogP contribution in [0.15, 0.2) is 0 Å². The van der Waals surface area contributed by atoms with E-state index in [0.29, 0.717) is 6.54 Å². The van der Waals surface area contributed by atoms with Gasteiger partial charge in [-0.25, -0.2) is 0 Å². The van der Waals surface area contributed by atoms with E-state index < -0.39 is 6.04 Å². The summed E-state index contributed by atoms with van der Waals surface area (Å²) in [5.41, 5.74) is 5.68. The lowest BCUT2D eigenvalue weighted by molar-refractivity contribution is -0.132. The summed E-state index contributed by atoms with van der Waals surface area (Å²) < 4.78 is 0. The quantitative estimate of drug-likeness (QED) is 0.495. The molecule has 6 heteroatoms. The topological polar surface area (TPSA) is 87.5 Å². The minimum Gasteiger partial charge on any atom is -0.346 e. The van der Waals surface area contributed by atoms with Gasteiger partial charge in [-0.1, -0.05) is 13.8 Å². The number of hydrogen-bond donors (Lipinski definition) is 3. The van der Waals surface area contributed by atoms with Crippen LogP contribution in [0, 0.1) is 5.92 Å². The van der Waals surface area contributed by atoms with Crippen LogP contribution in [0.1, 0.15) is 20.3 Å². The van der Waals surface area contributed by atoms with Crippen LogP contribution >= 0.6 is 0 Å². The largest absolute Gasteiger partial charge is 0.346 e. The summed E-state index contributed by atoms with van der Waals surface area (Å²) in [6, 6.07) is -0.563. The van der Waals surface area contributed by atoms with Gasteiger partial charge in [0.05, 0.1) is 12.6 Å². The van der Waals surface area contributed by atoms with Gasteiger partial charge in [0, 0.05) is 13.6 Å². The van der Waals surface area contributed by atoms with Gasteiger partial charge in [-0.2, -0.15) is 0 Å². The summed E-state index contributed by atoms with van der Waals surface area (Å²) in [4.78, 5) is 24.8. The van der Waals surface area contributed by atoms with Crippen molar-refractivity contribution in [3.8, 4) is 0 Å². The second-order valence-corrected chi connectivity index (χ2v) is 4.76. The highest BCUT2D eigenvalue weighted by atomic mass is 16.2. The maximum absolute atomic E-state index is 11.7. The summed E-state index contributed by atoms with van der Waals surface area (Å²) in [7, 11) is 3.60. The van der Waals surface area contributed by atoms with E-state index in [1.54, 1.807) is 11.9 Å². The van der Waals surface area contributed by atoms with Gasteiger partial charge in [0.1, 0.15) is 0 Å². The fourth-order valence-corrected chi connectivity index (χ4v) is 1.34. The van der Waals surface area contributed by atoms with Crippen LogP contribution < -0.4 is 16.4 Å². The van der Waals surface area contributed by atoms with Crippen LogP contribution in [0.3, 0.4) is 0 Å². The number of carbonyl (C=O) groups is 2. The maximum atomic E-state index is 11.7. The molecule has 0 rings (SSSR count).